The second-order valence-corrected chi connectivity index (χ2v) is 8.90. The van der Waals surface area contributed by atoms with Gasteiger partial charge in [0.2, 0.25) is 5.91 Å². The summed E-state index contributed by atoms with van der Waals surface area (Å²) in [5.41, 5.74) is 7.88. The first kappa shape index (κ1) is 24.1. The molecule has 5 rings (SSSR count). The predicted molar refractivity (Wildman–Crippen MR) is 138 cm³/mol. The number of H-pyrrole nitrogens is 1. The minimum absolute atomic E-state index is 0.0200. The van der Waals surface area contributed by atoms with Crippen molar-refractivity contribution in [1.29, 1.82) is 0 Å². The second kappa shape index (κ2) is 10.2. The smallest absolute Gasteiger partial charge is 0.404 e. The van der Waals surface area contributed by atoms with Crippen LogP contribution < -0.4 is 20.7 Å². The van der Waals surface area contributed by atoms with Crippen molar-refractivity contribution in [3.05, 3.63) is 65.5 Å². The number of pyridine rings is 1. The summed E-state index contributed by atoms with van der Waals surface area (Å²) in [5, 5.41) is 16.7. The molecule has 1 aliphatic carbocycles. The standard InChI is InChI=1S/C27H27N5O5/c1-2-23(33)31-21-12-15(5-7-22(21)37-11-3-9-29-27(35)36)20-13-18-16(14-30-20)4-6-17-24-19(32-25(17)18)8-10-28-26(24)34/h2,5,7,12-14,29,32H,1,3-4,6,8-11H2,(H,28,34)(H,31,33)(H,35,36). The lowest BCUT2D eigenvalue weighted by molar-refractivity contribution is -0.111. The number of anilines is 1. The zero-order chi connectivity index (χ0) is 25.9. The molecule has 0 saturated carbocycles. The third-order valence-corrected chi connectivity index (χ3v) is 6.54. The van der Waals surface area contributed by atoms with Gasteiger partial charge >= 0.3 is 6.09 Å². The lowest BCUT2D eigenvalue weighted by Crippen LogP contribution is -2.32. The SMILES string of the molecule is C=CC(=O)Nc1cc(-c2cc3c(cn2)CCc2c-3[nH]c3c2C(=O)NCC3)ccc1OCCCNC(=O)O. The molecular formula is C27H27N5O5. The van der Waals surface area contributed by atoms with Crippen LogP contribution in [0.1, 0.15) is 33.6 Å². The maximum absolute atomic E-state index is 12.5. The van der Waals surface area contributed by atoms with Gasteiger partial charge in [0.05, 0.1) is 29.2 Å². The summed E-state index contributed by atoms with van der Waals surface area (Å²) in [6.45, 7) is 4.66. The van der Waals surface area contributed by atoms with E-state index >= 15 is 0 Å². The molecule has 10 nitrogen and oxygen atoms in total. The highest BCUT2D eigenvalue weighted by Crippen LogP contribution is 2.39. The predicted octanol–water partition coefficient (Wildman–Crippen LogP) is 3.29. The molecule has 3 aromatic rings. The third-order valence-electron chi connectivity index (χ3n) is 6.54. The topological polar surface area (TPSA) is 145 Å². The van der Waals surface area contributed by atoms with Crippen LogP contribution in [0.3, 0.4) is 0 Å². The summed E-state index contributed by atoms with van der Waals surface area (Å²) in [6.07, 6.45) is 4.80. The minimum atomic E-state index is -1.09. The Morgan fingerprint density at radius 2 is 2.08 bits per heavy atom. The molecule has 1 aromatic carbocycles. The van der Waals surface area contributed by atoms with E-state index in [-0.39, 0.29) is 25.0 Å². The van der Waals surface area contributed by atoms with Crippen LogP contribution in [0.2, 0.25) is 0 Å². The minimum Gasteiger partial charge on any atom is -0.491 e. The molecule has 0 unspecified atom stereocenters. The van der Waals surface area contributed by atoms with Crippen molar-refractivity contribution >= 4 is 23.6 Å². The van der Waals surface area contributed by atoms with Gasteiger partial charge in [-0.15, -0.1) is 0 Å². The number of aromatic nitrogens is 2. The molecule has 10 heteroatoms. The summed E-state index contributed by atoms with van der Waals surface area (Å²) in [7, 11) is 0. The number of hydrogen-bond donors (Lipinski definition) is 5. The van der Waals surface area contributed by atoms with Gasteiger partial charge < -0.3 is 30.8 Å². The van der Waals surface area contributed by atoms with Crippen LogP contribution in [0.4, 0.5) is 10.5 Å². The number of carboxylic acid groups (broad SMARTS) is 1. The lowest BCUT2D eigenvalue weighted by Gasteiger charge is -2.19. The Balaban J connectivity index is 1.45. The number of ether oxygens (including phenoxy) is 1. The van der Waals surface area contributed by atoms with Gasteiger partial charge in [0.25, 0.3) is 5.91 Å². The Morgan fingerprint density at radius 1 is 1.22 bits per heavy atom. The molecule has 2 aliphatic rings. The van der Waals surface area contributed by atoms with Crippen molar-refractivity contribution in [1.82, 2.24) is 20.6 Å². The first-order valence-corrected chi connectivity index (χ1v) is 12.1. The molecule has 3 heterocycles. The number of carbonyl (C=O) groups is 3. The average Bonchev–Trinajstić information content (AvgIpc) is 3.29. The highest BCUT2D eigenvalue weighted by molar-refractivity contribution is 6.01. The van der Waals surface area contributed by atoms with E-state index in [9.17, 15) is 14.4 Å². The van der Waals surface area contributed by atoms with Gasteiger partial charge in [0.1, 0.15) is 5.75 Å². The number of hydrogen-bond acceptors (Lipinski definition) is 5. The summed E-state index contributed by atoms with van der Waals surface area (Å²) in [4.78, 5) is 43.4. The van der Waals surface area contributed by atoms with E-state index in [2.05, 4.69) is 32.5 Å². The number of amides is 3. The number of nitrogens with zero attached hydrogens (tertiary/aromatic N) is 1. The monoisotopic (exact) mass is 501 g/mol. The third kappa shape index (κ3) is 4.90. The summed E-state index contributed by atoms with van der Waals surface area (Å²) >= 11 is 0. The molecule has 5 N–H and O–H groups in total. The Labute approximate surface area is 213 Å². The molecule has 1 aliphatic heterocycles. The highest BCUT2D eigenvalue weighted by atomic mass is 16.5. The molecule has 2 aromatic heterocycles. The summed E-state index contributed by atoms with van der Waals surface area (Å²) in [6, 6.07) is 7.42. The molecule has 0 spiro atoms. The van der Waals surface area contributed by atoms with E-state index in [1.807, 2.05) is 18.3 Å². The number of aromatic amines is 1. The van der Waals surface area contributed by atoms with E-state index in [0.717, 1.165) is 64.2 Å². The maximum atomic E-state index is 12.5. The first-order valence-electron chi connectivity index (χ1n) is 12.1. The second-order valence-electron chi connectivity index (χ2n) is 8.90. The van der Waals surface area contributed by atoms with Crippen LogP contribution >= 0.6 is 0 Å². The molecule has 37 heavy (non-hydrogen) atoms. The normalized spacial score (nSPS) is 13.5. The van der Waals surface area contributed by atoms with E-state index in [1.54, 1.807) is 12.1 Å². The Hall–Kier alpha value is -4.60. The maximum Gasteiger partial charge on any atom is 0.404 e. The molecular weight excluding hydrogens is 474 g/mol. The summed E-state index contributed by atoms with van der Waals surface area (Å²) < 4.78 is 5.80. The highest BCUT2D eigenvalue weighted by Gasteiger charge is 2.29. The van der Waals surface area contributed by atoms with Crippen LogP contribution in [0, 0.1) is 0 Å². The van der Waals surface area contributed by atoms with Crippen LogP contribution in [0.15, 0.2) is 43.1 Å². The molecule has 190 valence electrons. The van der Waals surface area contributed by atoms with Crippen LogP contribution in [-0.2, 0) is 24.1 Å². The molecule has 0 fully saturated rings. The van der Waals surface area contributed by atoms with Crippen molar-refractivity contribution in [2.45, 2.75) is 25.7 Å². The van der Waals surface area contributed by atoms with Gasteiger partial charge in [-0.2, -0.15) is 0 Å². The van der Waals surface area contributed by atoms with Crippen LogP contribution in [-0.4, -0.2) is 52.7 Å². The average molecular weight is 502 g/mol. The van der Waals surface area contributed by atoms with Crippen molar-refractivity contribution in [2.75, 3.05) is 25.0 Å². The van der Waals surface area contributed by atoms with E-state index < -0.39 is 6.09 Å². The lowest BCUT2D eigenvalue weighted by atomic mass is 9.88. The van der Waals surface area contributed by atoms with Crippen molar-refractivity contribution in [2.24, 2.45) is 0 Å². The number of benzene rings is 1. The van der Waals surface area contributed by atoms with E-state index in [0.29, 0.717) is 24.4 Å². The zero-order valence-corrected chi connectivity index (χ0v) is 20.1. The van der Waals surface area contributed by atoms with Crippen LogP contribution in [0.5, 0.6) is 5.75 Å². The fourth-order valence-electron chi connectivity index (χ4n) is 4.81. The van der Waals surface area contributed by atoms with Gasteiger partial charge in [0.15, 0.2) is 0 Å². The van der Waals surface area contributed by atoms with E-state index in [1.165, 1.54) is 6.08 Å². The largest absolute Gasteiger partial charge is 0.491 e. The molecule has 0 atom stereocenters. The van der Waals surface area contributed by atoms with Gasteiger partial charge in [-0.05, 0) is 60.7 Å². The van der Waals surface area contributed by atoms with Crippen molar-refractivity contribution in [3.8, 4) is 28.3 Å². The Morgan fingerprint density at radius 3 is 2.89 bits per heavy atom. The molecule has 3 amide bonds. The molecule has 0 radical (unpaired) electrons. The number of aryl methyl sites for hydroxylation is 1. The van der Waals surface area contributed by atoms with Crippen LogP contribution in [0.25, 0.3) is 22.5 Å². The van der Waals surface area contributed by atoms with Gasteiger partial charge in [-0.25, -0.2) is 4.79 Å². The quantitative estimate of drug-likeness (QED) is 0.237. The Kier molecular flexibility index (Phi) is 6.63. The van der Waals surface area contributed by atoms with Crippen molar-refractivity contribution in [3.63, 3.8) is 0 Å². The molecule has 0 bridgehead atoms. The van der Waals surface area contributed by atoms with Crippen molar-refractivity contribution < 1.29 is 24.2 Å². The zero-order valence-electron chi connectivity index (χ0n) is 20.1. The number of nitrogens with one attached hydrogen (secondary N) is 4. The Bertz CT molecular complexity index is 1410. The first-order chi connectivity index (χ1) is 17.9. The number of rotatable bonds is 8. The fourth-order valence-corrected chi connectivity index (χ4v) is 4.81. The number of carbonyl (C=O) groups excluding carboxylic acids is 2. The molecule has 0 saturated heterocycles. The number of fused-ring (bicyclic) bond motifs is 5. The van der Waals surface area contributed by atoms with E-state index in [4.69, 9.17) is 9.84 Å². The van der Waals surface area contributed by atoms with Gasteiger partial charge in [0, 0.05) is 42.5 Å². The summed E-state index contributed by atoms with van der Waals surface area (Å²) in [5.74, 6) is 0.0545. The fraction of sp³-hybridized carbons (Fsp3) is 0.259. The van der Waals surface area contributed by atoms with Gasteiger partial charge in [-0.1, -0.05) is 6.58 Å². The van der Waals surface area contributed by atoms with Gasteiger partial charge in [-0.3, -0.25) is 14.6 Å².